The van der Waals surface area contributed by atoms with Crippen molar-refractivity contribution in [3.63, 3.8) is 0 Å². The molecule has 1 fully saturated rings. The Kier molecular flexibility index (Phi) is 11.0. The average molecular weight is 456 g/mol. The van der Waals surface area contributed by atoms with E-state index in [-0.39, 0.29) is 18.3 Å². The van der Waals surface area contributed by atoms with E-state index in [0.29, 0.717) is 44.1 Å². The van der Waals surface area contributed by atoms with Gasteiger partial charge in [0.2, 0.25) is 0 Å². The zero-order valence-corrected chi connectivity index (χ0v) is 18.7. The lowest BCUT2D eigenvalue weighted by molar-refractivity contribution is -0.137. The highest BCUT2D eigenvalue weighted by Gasteiger charge is 2.39. The van der Waals surface area contributed by atoms with Crippen LogP contribution in [0.4, 0.5) is 8.78 Å². The van der Waals surface area contributed by atoms with Crippen molar-refractivity contribution in [1.29, 1.82) is 0 Å². The van der Waals surface area contributed by atoms with Crippen LogP contribution < -0.4 is 0 Å². The fraction of sp³-hybridized carbons (Fsp3) is 0.667. The summed E-state index contributed by atoms with van der Waals surface area (Å²) in [5, 5.41) is 33.8. The maximum absolute atomic E-state index is 13.3. The second-order valence-corrected chi connectivity index (χ2v) is 8.70. The van der Waals surface area contributed by atoms with Crippen LogP contribution in [0.2, 0.25) is 0 Å². The van der Waals surface area contributed by atoms with E-state index in [1.165, 1.54) is 19.2 Å². The van der Waals surface area contributed by atoms with Gasteiger partial charge >= 0.3 is 5.97 Å². The Morgan fingerprint density at radius 2 is 1.81 bits per heavy atom. The Morgan fingerprint density at radius 1 is 1.12 bits per heavy atom. The van der Waals surface area contributed by atoms with E-state index in [4.69, 9.17) is 9.94 Å². The first-order chi connectivity index (χ1) is 15.3. The zero-order valence-electron chi connectivity index (χ0n) is 18.7. The fourth-order valence-corrected chi connectivity index (χ4v) is 4.64. The highest BCUT2D eigenvalue weighted by molar-refractivity contribution is 5.89. The van der Waals surface area contributed by atoms with Gasteiger partial charge in [-0.25, -0.2) is 8.78 Å². The summed E-state index contributed by atoms with van der Waals surface area (Å²) in [6.45, 7) is 0. The summed E-state index contributed by atoms with van der Waals surface area (Å²) in [7, 11) is 1.47. The number of benzene rings is 1. The summed E-state index contributed by atoms with van der Waals surface area (Å²) in [4.78, 5) is 15.6. The molecule has 1 aromatic rings. The Hall–Kier alpha value is -2.06. The predicted molar refractivity (Wildman–Crippen MR) is 117 cm³/mol. The molecule has 8 heteroatoms. The number of aryl methyl sites for hydroxylation is 1. The molecule has 0 saturated heterocycles. The van der Waals surface area contributed by atoms with Gasteiger partial charge in [0.05, 0.1) is 17.9 Å². The predicted octanol–water partition coefficient (Wildman–Crippen LogP) is 4.46. The number of aliphatic carboxylic acids is 1. The third-order valence-electron chi connectivity index (χ3n) is 6.24. The van der Waals surface area contributed by atoms with Crippen molar-refractivity contribution in [1.82, 2.24) is 0 Å². The molecular formula is C24H35F2NO5. The van der Waals surface area contributed by atoms with Crippen LogP contribution in [0.1, 0.15) is 69.8 Å². The number of aliphatic hydroxyl groups excluding tert-OH is 2. The molecular weight excluding hydrogens is 420 g/mol. The highest BCUT2D eigenvalue weighted by atomic mass is 19.1. The van der Waals surface area contributed by atoms with Gasteiger partial charge in [-0.1, -0.05) is 24.4 Å². The normalized spacial score (nSPS) is 22.9. The second-order valence-electron chi connectivity index (χ2n) is 8.70. The summed E-state index contributed by atoms with van der Waals surface area (Å²) in [6, 6.07) is 3.38. The Morgan fingerprint density at radius 3 is 2.47 bits per heavy atom. The minimum absolute atomic E-state index is 0.00485. The molecule has 0 spiro atoms. The van der Waals surface area contributed by atoms with E-state index in [2.05, 4.69) is 5.16 Å². The molecule has 180 valence electrons. The number of halogens is 2. The first kappa shape index (κ1) is 26.2. The standard InChI is InChI=1S/C24H35F2NO5/c1-32-27-22-15-23(29)21(6-4-2-3-5-7-24(30)31)20(22)11-10-19(28)9-8-16-12-17(25)14-18(26)13-16/h12-14,19-21,23,28-29H,2-11,15H2,1H3,(H,30,31)/t19-,20+,21+,23-/m0/s1. The van der Waals surface area contributed by atoms with Crippen LogP contribution >= 0.6 is 0 Å². The molecule has 0 bridgehead atoms. The first-order valence-corrected chi connectivity index (χ1v) is 11.4. The number of nitrogens with zero attached hydrogens (tertiary/aromatic N) is 1. The van der Waals surface area contributed by atoms with Gasteiger partial charge in [0.25, 0.3) is 0 Å². The number of carboxylic acids is 1. The quantitative estimate of drug-likeness (QED) is 0.284. The van der Waals surface area contributed by atoms with Crippen LogP contribution in [0.3, 0.4) is 0 Å². The summed E-state index contributed by atoms with van der Waals surface area (Å²) in [6.07, 6.45) is 5.50. The van der Waals surface area contributed by atoms with Crippen molar-refractivity contribution < 1.29 is 33.7 Å². The molecule has 6 nitrogen and oxygen atoms in total. The van der Waals surface area contributed by atoms with Crippen LogP contribution in [0.25, 0.3) is 0 Å². The van der Waals surface area contributed by atoms with E-state index >= 15 is 0 Å². The summed E-state index contributed by atoms with van der Waals surface area (Å²) in [5.74, 6) is -2.00. The number of oxime groups is 1. The van der Waals surface area contributed by atoms with Gasteiger partial charge < -0.3 is 20.2 Å². The maximum atomic E-state index is 13.3. The lowest BCUT2D eigenvalue weighted by Crippen LogP contribution is -2.22. The molecule has 4 atom stereocenters. The van der Waals surface area contributed by atoms with Gasteiger partial charge in [-0.2, -0.15) is 0 Å². The van der Waals surface area contributed by atoms with Crippen molar-refractivity contribution in [2.75, 3.05) is 7.11 Å². The first-order valence-electron chi connectivity index (χ1n) is 11.4. The number of hydrogen-bond acceptors (Lipinski definition) is 5. The fourth-order valence-electron chi connectivity index (χ4n) is 4.64. The second kappa shape index (κ2) is 13.5. The Balaban J connectivity index is 1.84. The molecule has 1 saturated carbocycles. The monoisotopic (exact) mass is 455 g/mol. The number of rotatable bonds is 14. The van der Waals surface area contributed by atoms with Crippen LogP contribution in [-0.2, 0) is 16.1 Å². The Labute approximate surface area is 188 Å². The molecule has 2 rings (SSSR count). The van der Waals surface area contributed by atoms with Gasteiger partial charge in [0.1, 0.15) is 18.7 Å². The summed E-state index contributed by atoms with van der Waals surface area (Å²) in [5.41, 5.74) is 1.32. The van der Waals surface area contributed by atoms with Gasteiger partial charge in [-0.15, -0.1) is 0 Å². The van der Waals surface area contributed by atoms with E-state index in [0.717, 1.165) is 37.5 Å². The molecule has 0 amide bonds. The van der Waals surface area contributed by atoms with Crippen molar-refractivity contribution in [3.8, 4) is 0 Å². The Bertz CT molecular complexity index is 738. The summed E-state index contributed by atoms with van der Waals surface area (Å²) >= 11 is 0. The average Bonchev–Trinajstić information content (AvgIpc) is 3.01. The smallest absolute Gasteiger partial charge is 0.303 e. The number of carboxylic acid groups (broad SMARTS) is 1. The molecule has 1 aromatic carbocycles. The molecule has 0 unspecified atom stereocenters. The molecule has 32 heavy (non-hydrogen) atoms. The van der Waals surface area contributed by atoms with Gasteiger partial charge in [0, 0.05) is 24.8 Å². The minimum Gasteiger partial charge on any atom is -0.481 e. The number of aliphatic hydroxyl groups is 2. The minimum atomic E-state index is -0.780. The van der Waals surface area contributed by atoms with Crippen molar-refractivity contribution >= 4 is 11.7 Å². The van der Waals surface area contributed by atoms with Crippen LogP contribution in [0.5, 0.6) is 0 Å². The number of hydrogen-bond donors (Lipinski definition) is 3. The molecule has 1 aliphatic rings. The van der Waals surface area contributed by atoms with Crippen LogP contribution in [0, 0.1) is 23.5 Å². The molecule has 0 aliphatic heterocycles. The third-order valence-corrected chi connectivity index (χ3v) is 6.24. The van der Waals surface area contributed by atoms with Crippen LogP contribution in [-0.4, -0.2) is 46.3 Å². The van der Waals surface area contributed by atoms with E-state index in [9.17, 15) is 23.8 Å². The lowest BCUT2D eigenvalue weighted by Gasteiger charge is -2.23. The van der Waals surface area contributed by atoms with E-state index in [1.54, 1.807) is 0 Å². The number of unbranched alkanes of at least 4 members (excludes halogenated alkanes) is 3. The number of carbonyl (C=O) groups is 1. The van der Waals surface area contributed by atoms with Gasteiger partial charge in [0.15, 0.2) is 0 Å². The highest BCUT2D eigenvalue weighted by Crippen LogP contribution is 2.37. The molecule has 0 heterocycles. The van der Waals surface area contributed by atoms with E-state index < -0.39 is 29.8 Å². The SMILES string of the molecule is CON=C1C[C@H](O)[C@H](CCCCCCC(=O)O)[C@H]1CC[C@@H](O)CCc1cc(F)cc(F)c1. The molecule has 1 aliphatic carbocycles. The molecule has 0 radical (unpaired) electrons. The van der Waals surface area contributed by atoms with E-state index in [1.807, 2.05) is 0 Å². The van der Waals surface area contributed by atoms with Crippen LogP contribution in [0.15, 0.2) is 23.4 Å². The van der Waals surface area contributed by atoms with Crippen molar-refractivity contribution in [2.45, 2.75) is 82.8 Å². The maximum Gasteiger partial charge on any atom is 0.303 e. The largest absolute Gasteiger partial charge is 0.481 e. The van der Waals surface area contributed by atoms with Gasteiger partial charge in [-0.05, 0) is 62.1 Å². The zero-order chi connectivity index (χ0) is 23.5. The van der Waals surface area contributed by atoms with Crippen molar-refractivity contribution in [3.05, 3.63) is 35.4 Å². The third kappa shape index (κ3) is 8.82. The topological polar surface area (TPSA) is 99.4 Å². The molecule has 3 N–H and O–H groups in total. The van der Waals surface area contributed by atoms with Crippen molar-refractivity contribution in [2.24, 2.45) is 17.0 Å². The summed E-state index contributed by atoms with van der Waals surface area (Å²) < 4.78 is 26.7. The molecule has 0 aromatic heterocycles. The lowest BCUT2D eigenvalue weighted by atomic mass is 9.84. The van der Waals surface area contributed by atoms with Gasteiger partial charge in [-0.3, -0.25) is 4.79 Å².